The predicted octanol–water partition coefficient (Wildman–Crippen LogP) is 2.34. The fourth-order valence-electron chi connectivity index (χ4n) is 1.87. The van der Waals surface area contributed by atoms with Gasteiger partial charge in [-0.15, -0.1) is 11.3 Å². The van der Waals surface area contributed by atoms with Crippen LogP contribution in [0.25, 0.3) is 0 Å². The zero-order chi connectivity index (χ0) is 16.8. The molecule has 1 aromatic heterocycles. The minimum Gasteiger partial charge on any atom is -0.464 e. The lowest BCUT2D eigenvalue weighted by Gasteiger charge is -2.28. The van der Waals surface area contributed by atoms with Crippen LogP contribution in [0.3, 0.4) is 0 Å². The highest BCUT2D eigenvalue weighted by atomic mass is 32.1. The fourth-order valence-corrected chi connectivity index (χ4v) is 2.65. The smallest absolute Gasteiger partial charge is 0.357 e. The van der Waals surface area contributed by atoms with Crippen molar-refractivity contribution in [3.63, 3.8) is 0 Å². The van der Waals surface area contributed by atoms with E-state index in [1.165, 1.54) is 18.4 Å². The number of carbonyl (C=O) groups is 2. The molecule has 1 amide bonds. The molecule has 0 aliphatic rings. The van der Waals surface area contributed by atoms with Crippen LogP contribution < -0.4 is 0 Å². The van der Waals surface area contributed by atoms with Crippen molar-refractivity contribution in [1.29, 1.82) is 0 Å². The molecule has 0 fully saturated rings. The minimum absolute atomic E-state index is 0.0541. The van der Waals surface area contributed by atoms with Crippen LogP contribution in [0.15, 0.2) is 5.38 Å². The molecule has 0 saturated heterocycles. The second-order valence-corrected chi connectivity index (χ2v) is 6.88. The molecule has 1 rings (SSSR count). The molecule has 0 aliphatic heterocycles. The van der Waals surface area contributed by atoms with E-state index >= 15 is 0 Å². The summed E-state index contributed by atoms with van der Waals surface area (Å²) in [6.45, 7) is 7.25. The van der Waals surface area contributed by atoms with E-state index in [1.54, 1.807) is 17.4 Å². The summed E-state index contributed by atoms with van der Waals surface area (Å²) in [7, 11) is 2.96. The van der Waals surface area contributed by atoms with Gasteiger partial charge in [-0.1, -0.05) is 20.8 Å². The Labute approximate surface area is 135 Å². The van der Waals surface area contributed by atoms with Crippen LogP contribution in [-0.2, 0) is 20.8 Å². The molecule has 0 unspecified atom stereocenters. The zero-order valence-corrected chi connectivity index (χ0v) is 14.7. The number of carbonyl (C=O) groups excluding carboxylic acids is 2. The molecule has 1 heterocycles. The number of nitrogens with zero attached hydrogens (tertiary/aromatic N) is 2. The molecule has 0 saturated carbocycles. The summed E-state index contributed by atoms with van der Waals surface area (Å²) in [5.41, 5.74) is -0.183. The van der Waals surface area contributed by atoms with Gasteiger partial charge in [0.05, 0.1) is 13.7 Å². The van der Waals surface area contributed by atoms with E-state index < -0.39 is 11.4 Å². The van der Waals surface area contributed by atoms with Crippen LogP contribution in [0.5, 0.6) is 0 Å². The molecule has 6 nitrogen and oxygen atoms in total. The topological polar surface area (TPSA) is 68.7 Å². The number of rotatable bonds is 7. The molecule has 0 N–H and O–H groups in total. The van der Waals surface area contributed by atoms with Crippen molar-refractivity contribution in [3.8, 4) is 0 Å². The molecule has 0 radical (unpaired) electrons. The third-order valence-corrected chi connectivity index (χ3v) is 3.81. The van der Waals surface area contributed by atoms with E-state index in [0.29, 0.717) is 19.7 Å². The fraction of sp³-hybridized carbons (Fsp3) is 0.667. The van der Waals surface area contributed by atoms with Crippen LogP contribution in [0, 0.1) is 5.41 Å². The van der Waals surface area contributed by atoms with E-state index in [-0.39, 0.29) is 11.6 Å². The number of aromatic nitrogens is 1. The molecule has 7 heteroatoms. The summed E-state index contributed by atoms with van der Waals surface area (Å²) in [5, 5.41) is 2.37. The average molecular weight is 328 g/mol. The highest BCUT2D eigenvalue weighted by Gasteiger charge is 2.27. The summed E-state index contributed by atoms with van der Waals surface area (Å²) in [6.07, 6.45) is 0.757. The van der Waals surface area contributed by atoms with Crippen LogP contribution in [0.4, 0.5) is 0 Å². The first-order valence-electron chi connectivity index (χ1n) is 7.10. The average Bonchev–Trinajstić information content (AvgIpc) is 2.92. The molecular formula is C15H24N2O4S. The molecule has 0 aliphatic carbocycles. The maximum atomic E-state index is 12.5. The normalized spacial score (nSPS) is 11.3. The summed E-state index contributed by atoms with van der Waals surface area (Å²) >= 11 is 1.35. The van der Waals surface area contributed by atoms with Crippen molar-refractivity contribution in [1.82, 2.24) is 9.88 Å². The summed E-state index contributed by atoms with van der Waals surface area (Å²) in [6, 6.07) is 0. The Hall–Kier alpha value is -1.47. The number of hydrogen-bond donors (Lipinski definition) is 0. The van der Waals surface area contributed by atoms with Gasteiger partial charge in [0.15, 0.2) is 5.69 Å². The van der Waals surface area contributed by atoms with Gasteiger partial charge in [-0.05, 0) is 6.42 Å². The molecule has 0 atom stereocenters. The predicted molar refractivity (Wildman–Crippen MR) is 84.8 cm³/mol. The number of methoxy groups -OCH3 is 2. The summed E-state index contributed by atoms with van der Waals surface area (Å²) in [4.78, 5) is 30.0. The Balaban J connectivity index is 2.81. The first kappa shape index (κ1) is 18.6. The second kappa shape index (κ2) is 8.24. The van der Waals surface area contributed by atoms with Gasteiger partial charge in [0.2, 0.25) is 5.91 Å². The van der Waals surface area contributed by atoms with Crippen molar-refractivity contribution in [2.24, 2.45) is 5.41 Å². The standard InChI is InChI=1S/C15H24N2O4S/c1-15(2,3)14(19)17(7-6-8-20-4)9-12-16-11(10-22-12)13(18)21-5/h10H,6-9H2,1-5H3. The van der Waals surface area contributed by atoms with Gasteiger partial charge < -0.3 is 14.4 Å². The number of hydrogen-bond acceptors (Lipinski definition) is 6. The summed E-state index contributed by atoms with van der Waals surface area (Å²) < 4.78 is 9.69. The van der Waals surface area contributed by atoms with Gasteiger partial charge in [0.25, 0.3) is 0 Å². The highest BCUT2D eigenvalue weighted by Crippen LogP contribution is 2.21. The van der Waals surface area contributed by atoms with Gasteiger partial charge in [0, 0.05) is 31.1 Å². The van der Waals surface area contributed by atoms with Crippen LogP contribution in [-0.4, -0.2) is 49.1 Å². The Kier molecular flexibility index (Phi) is 6.96. The molecule has 1 aromatic rings. The van der Waals surface area contributed by atoms with Crippen LogP contribution in [0.2, 0.25) is 0 Å². The number of esters is 1. The highest BCUT2D eigenvalue weighted by molar-refractivity contribution is 7.09. The van der Waals surface area contributed by atoms with E-state index in [0.717, 1.165) is 11.4 Å². The molecule has 124 valence electrons. The monoisotopic (exact) mass is 328 g/mol. The number of thiazole rings is 1. The maximum Gasteiger partial charge on any atom is 0.357 e. The zero-order valence-electron chi connectivity index (χ0n) is 13.8. The van der Waals surface area contributed by atoms with Crippen LogP contribution >= 0.6 is 11.3 Å². The van der Waals surface area contributed by atoms with E-state index in [1.807, 2.05) is 20.8 Å². The second-order valence-electron chi connectivity index (χ2n) is 5.94. The van der Waals surface area contributed by atoms with Crippen LogP contribution in [0.1, 0.15) is 42.7 Å². The number of ether oxygens (including phenoxy) is 2. The molecule has 0 aromatic carbocycles. The largest absolute Gasteiger partial charge is 0.464 e. The quantitative estimate of drug-likeness (QED) is 0.567. The Morgan fingerprint density at radius 2 is 2.00 bits per heavy atom. The molecule has 0 spiro atoms. The van der Waals surface area contributed by atoms with E-state index in [4.69, 9.17) is 4.74 Å². The van der Waals surface area contributed by atoms with Crippen molar-refractivity contribution in [3.05, 3.63) is 16.1 Å². The third-order valence-electron chi connectivity index (χ3n) is 2.98. The van der Waals surface area contributed by atoms with Gasteiger partial charge in [-0.25, -0.2) is 9.78 Å². The van der Waals surface area contributed by atoms with Gasteiger partial charge >= 0.3 is 5.97 Å². The van der Waals surface area contributed by atoms with Crippen molar-refractivity contribution >= 4 is 23.2 Å². The SMILES string of the molecule is COCCCN(Cc1nc(C(=O)OC)cs1)C(=O)C(C)(C)C. The van der Waals surface area contributed by atoms with Crippen molar-refractivity contribution in [2.45, 2.75) is 33.7 Å². The van der Waals surface area contributed by atoms with Gasteiger partial charge in [-0.2, -0.15) is 0 Å². The Bertz CT molecular complexity index is 508. The molecule has 22 heavy (non-hydrogen) atoms. The maximum absolute atomic E-state index is 12.5. The van der Waals surface area contributed by atoms with Crippen molar-refractivity contribution in [2.75, 3.05) is 27.4 Å². The van der Waals surface area contributed by atoms with E-state index in [9.17, 15) is 9.59 Å². The van der Waals surface area contributed by atoms with Gasteiger partial charge in [-0.3, -0.25) is 4.79 Å². The number of amides is 1. The Morgan fingerprint density at radius 3 is 2.55 bits per heavy atom. The lowest BCUT2D eigenvalue weighted by molar-refractivity contribution is -0.140. The molecular weight excluding hydrogens is 304 g/mol. The van der Waals surface area contributed by atoms with E-state index in [2.05, 4.69) is 9.72 Å². The van der Waals surface area contributed by atoms with Gasteiger partial charge in [0.1, 0.15) is 5.01 Å². The lowest BCUT2D eigenvalue weighted by Crippen LogP contribution is -2.39. The lowest BCUT2D eigenvalue weighted by atomic mass is 9.94. The molecule has 0 bridgehead atoms. The first-order valence-corrected chi connectivity index (χ1v) is 7.98. The third kappa shape index (κ3) is 5.38. The summed E-state index contributed by atoms with van der Waals surface area (Å²) in [5.74, 6) is -0.408. The Morgan fingerprint density at radius 1 is 1.32 bits per heavy atom. The minimum atomic E-state index is -0.463. The first-order chi connectivity index (χ1) is 10.3. The van der Waals surface area contributed by atoms with Crippen molar-refractivity contribution < 1.29 is 19.1 Å².